The predicted molar refractivity (Wildman–Crippen MR) is 115 cm³/mol. The van der Waals surface area contributed by atoms with Crippen LogP contribution in [0.3, 0.4) is 0 Å². The maximum atomic E-state index is 14.7. The minimum atomic E-state index is -1.43. The lowest BCUT2D eigenvalue weighted by molar-refractivity contribution is 0.0709. The normalized spacial score (nSPS) is 12.3. The molecule has 0 fully saturated rings. The quantitative estimate of drug-likeness (QED) is 0.457. The van der Waals surface area contributed by atoms with Crippen LogP contribution < -0.4 is 11.1 Å². The van der Waals surface area contributed by atoms with Crippen molar-refractivity contribution in [2.75, 3.05) is 5.32 Å². The van der Waals surface area contributed by atoms with Gasteiger partial charge in [0.2, 0.25) is 0 Å². The second-order valence-electron chi connectivity index (χ2n) is 8.28. The van der Waals surface area contributed by atoms with Crippen LogP contribution in [0.2, 0.25) is 0 Å². The number of hydrogen-bond donors (Lipinski definition) is 4. The lowest BCUT2D eigenvalue weighted by Gasteiger charge is -2.19. The number of carbonyl (C=O) groups is 1. The lowest BCUT2D eigenvalue weighted by Crippen LogP contribution is -2.20. The van der Waals surface area contributed by atoms with E-state index in [9.17, 15) is 23.8 Å². The number of carbonyl (C=O) groups excluding carboxylic acids is 1. The van der Waals surface area contributed by atoms with E-state index in [2.05, 4.69) is 10.3 Å². The lowest BCUT2D eigenvalue weighted by atomic mass is 9.96. The summed E-state index contributed by atoms with van der Waals surface area (Å²) in [5.41, 5.74) is 2.98. The third-order valence-electron chi connectivity index (χ3n) is 4.81. The van der Waals surface area contributed by atoms with Crippen LogP contribution in [0.4, 0.5) is 19.6 Å². The van der Waals surface area contributed by atoms with Gasteiger partial charge in [-0.1, -0.05) is 11.3 Å². The molecule has 0 unspecified atom stereocenters. The summed E-state index contributed by atoms with van der Waals surface area (Å²) in [5, 5.41) is 23.4. The van der Waals surface area contributed by atoms with Gasteiger partial charge in [-0.05, 0) is 57.5 Å². The highest BCUT2D eigenvalue weighted by molar-refractivity contribution is 7.19. The minimum absolute atomic E-state index is 0.0687. The summed E-state index contributed by atoms with van der Waals surface area (Å²) in [6.45, 7) is 6.10. The minimum Gasteiger partial charge on any atom is -0.386 e. The Morgan fingerprint density at radius 3 is 2.16 bits per heavy atom. The van der Waals surface area contributed by atoms with Gasteiger partial charge in [0, 0.05) is 7.05 Å². The molecule has 1 amide bonds. The number of hydrogen-bond acceptors (Lipinski definition) is 6. The molecule has 0 saturated carbocycles. The van der Waals surface area contributed by atoms with Crippen molar-refractivity contribution in [3.8, 4) is 10.6 Å². The van der Waals surface area contributed by atoms with E-state index < -0.39 is 34.3 Å². The van der Waals surface area contributed by atoms with Gasteiger partial charge in [0.25, 0.3) is 5.91 Å². The number of nitrogens with two attached hydrogens (primary N) is 1. The van der Waals surface area contributed by atoms with E-state index >= 15 is 0 Å². The molecule has 3 rings (SSSR count). The van der Waals surface area contributed by atoms with Crippen molar-refractivity contribution < 1.29 is 23.8 Å². The molecular weight excluding hydrogens is 426 g/mol. The number of amides is 1. The number of thiazole rings is 1. The molecule has 0 aliphatic carbocycles. The van der Waals surface area contributed by atoms with Crippen molar-refractivity contribution in [1.29, 1.82) is 0 Å². The summed E-state index contributed by atoms with van der Waals surface area (Å²) in [6.07, 6.45) is 0. The van der Waals surface area contributed by atoms with Crippen molar-refractivity contribution in [2.45, 2.75) is 38.9 Å². The number of aromatic nitrogens is 2. The van der Waals surface area contributed by atoms with Crippen LogP contribution in [0.1, 0.15) is 49.4 Å². The van der Waals surface area contributed by atoms with Crippen molar-refractivity contribution >= 4 is 28.1 Å². The maximum Gasteiger partial charge on any atom is 0.270 e. The molecule has 0 radical (unpaired) electrons. The second-order valence-corrected chi connectivity index (χ2v) is 9.28. The molecule has 0 bridgehead atoms. The Morgan fingerprint density at radius 2 is 1.71 bits per heavy atom. The summed E-state index contributed by atoms with van der Waals surface area (Å²) in [6, 6.07) is 5.47. The number of benzene rings is 1. The maximum absolute atomic E-state index is 14.7. The second kappa shape index (κ2) is 7.70. The molecule has 2 heterocycles. The number of aliphatic hydroxyl groups is 2. The number of halogens is 2. The predicted octanol–water partition coefficient (Wildman–Crippen LogP) is 3.72. The Morgan fingerprint density at radius 1 is 1.13 bits per heavy atom. The Hall–Kier alpha value is -2.82. The molecule has 7 nitrogen and oxygen atoms in total. The molecule has 31 heavy (non-hydrogen) atoms. The monoisotopic (exact) mass is 450 g/mol. The van der Waals surface area contributed by atoms with E-state index in [1.54, 1.807) is 37.6 Å². The van der Waals surface area contributed by atoms with E-state index in [1.165, 1.54) is 13.8 Å². The first-order valence-corrected chi connectivity index (χ1v) is 10.2. The van der Waals surface area contributed by atoms with Crippen LogP contribution in [0.25, 0.3) is 10.6 Å². The smallest absolute Gasteiger partial charge is 0.270 e. The van der Waals surface area contributed by atoms with Gasteiger partial charge in [-0.2, -0.15) is 0 Å². The molecule has 0 saturated heterocycles. The zero-order valence-corrected chi connectivity index (χ0v) is 18.6. The first kappa shape index (κ1) is 22.9. The molecule has 166 valence electrons. The van der Waals surface area contributed by atoms with Crippen LogP contribution >= 0.6 is 11.3 Å². The third kappa shape index (κ3) is 4.46. The molecule has 10 heteroatoms. The Bertz CT molecular complexity index is 1130. The highest BCUT2D eigenvalue weighted by Crippen LogP contribution is 2.38. The topological polar surface area (TPSA) is 113 Å². The fraction of sp³-hybridized carbons (Fsp3) is 0.333. The summed E-state index contributed by atoms with van der Waals surface area (Å²) >= 11 is 0.862. The fourth-order valence-electron chi connectivity index (χ4n) is 3.18. The highest BCUT2D eigenvalue weighted by atomic mass is 32.1. The molecule has 0 atom stereocenters. The summed E-state index contributed by atoms with van der Waals surface area (Å²) in [7, 11) is 1.72. The molecule has 0 spiro atoms. The average molecular weight is 451 g/mol. The number of nitrogens with zero attached hydrogens (tertiary/aromatic N) is 2. The number of nitrogens with one attached hydrogen (secondary N) is 1. The van der Waals surface area contributed by atoms with Gasteiger partial charge in [-0.25, -0.2) is 13.8 Å². The molecule has 5 N–H and O–H groups in total. The molecule has 0 aliphatic rings. The zero-order valence-electron chi connectivity index (χ0n) is 17.7. The standard InChI is InChI=1S/C21H24F2N4O3S/c1-20(2,29)10-8-11(22)15(12(23)9-10)18-26-16(17(24)28)19(31-18)25-14-7-6-13(27(14)5)21(3,4)30/h6-9,25,29-30H,1-5H3,(H2,24,28). The van der Waals surface area contributed by atoms with Crippen LogP contribution in [0, 0.1) is 11.6 Å². The van der Waals surface area contributed by atoms with Gasteiger partial charge in [0.05, 0.1) is 22.5 Å². The van der Waals surface area contributed by atoms with Gasteiger partial charge in [-0.3, -0.25) is 4.79 Å². The van der Waals surface area contributed by atoms with Crippen LogP contribution in [-0.4, -0.2) is 25.7 Å². The van der Waals surface area contributed by atoms with Gasteiger partial charge < -0.3 is 25.8 Å². The van der Waals surface area contributed by atoms with Gasteiger partial charge in [0.15, 0.2) is 5.69 Å². The van der Waals surface area contributed by atoms with Crippen molar-refractivity contribution in [3.63, 3.8) is 0 Å². The van der Waals surface area contributed by atoms with Gasteiger partial charge >= 0.3 is 0 Å². The number of anilines is 2. The summed E-state index contributed by atoms with van der Waals surface area (Å²) in [4.78, 5) is 16.0. The SMILES string of the molecule is Cn1c(Nc2sc(-c3c(F)cc(C(C)(C)O)cc3F)nc2C(N)=O)ccc1C(C)(C)O. The molecule has 3 aromatic rings. The third-order valence-corrected chi connectivity index (χ3v) is 5.80. The molecular formula is C21H24F2N4O3S. The van der Waals surface area contributed by atoms with E-state index in [0.717, 1.165) is 23.5 Å². The van der Waals surface area contributed by atoms with Gasteiger partial charge in [-0.15, -0.1) is 0 Å². The summed E-state index contributed by atoms with van der Waals surface area (Å²) in [5.74, 6) is -2.18. The molecule has 2 aromatic heterocycles. The van der Waals surface area contributed by atoms with Crippen LogP contribution in [0.5, 0.6) is 0 Å². The number of rotatable bonds is 6. The largest absolute Gasteiger partial charge is 0.386 e. The Balaban J connectivity index is 2.07. The zero-order chi connectivity index (χ0) is 23.3. The highest BCUT2D eigenvalue weighted by Gasteiger charge is 2.26. The van der Waals surface area contributed by atoms with E-state index in [0.29, 0.717) is 11.5 Å². The van der Waals surface area contributed by atoms with Crippen molar-refractivity contribution in [3.05, 3.63) is 52.9 Å². The molecule has 0 aliphatic heterocycles. The first-order chi connectivity index (χ1) is 14.2. The Kier molecular flexibility index (Phi) is 5.68. The van der Waals surface area contributed by atoms with Gasteiger partial charge in [0.1, 0.15) is 27.5 Å². The van der Waals surface area contributed by atoms with Crippen LogP contribution in [0.15, 0.2) is 24.3 Å². The Labute approximate surface area is 182 Å². The first-order valence-electron chi connectivity index (χ1n) is 9.38. The average Bonchev–Trinajstić information content (AvgIpc) is 3.18. The molecule has 1 aromatic carbocycles. The van der Waals surface area contributed by atoms with E-state index in [1.807, 2.05) is 0 Å². The number of primary amides is 1. The van der Waals surface area contributed by atoms with E-state index in [4.69, 9.17) is 5.73 Å². The fourth-order valence-corrected chi connectivity index (χ4v) is 4.20. The van der Waals surface area contributed by atoms with Crippen molar-refractivity contribution in [2.24, 2.45) is 12.8 Å². The van der Waals surface area contributed by atoms with Crippen LogP contribution in [-0.2, 0) is 18.2 Å². The van der Waals surface area contributed by atoms with Crippen molar-refractivity contribution in [1.82, 2.24) is 9.55 Å². The summed E-state index contributed by atoms with van der Waals surface area (Å²) < 4.78 is 31.2. The van der Waals surface area contributed by atoms with E-state index in [-0.39, 0.29) is 21.3 Å².